The second-order valence-electron chi connectivity index (χ2n) is 6.87. The molecule has 0 unspecified atom stereocenters. The Bertz CT molecular complexity index is 781. The van der Waals surface area contributed by atoms with Gasteiger partial charge < -0.3 is 10.6 Å². The van der Waals surface area contributed by atoms with Crippen molar-refractivity contribution in [3.8, 4) is 0 Å². The first-order chi connectivity index (χ1) is 12.2. The lowest BCUT2D eigenvalue weighted by Gasteiger charge is -2.19. The van der Waals surface area contributed by atoms with Gasteiger partial charge in [-0.15, -0.1) is 11.3 Å². The maximum Gasteiger partial charge on any atom is 0.233 e. The van der Waals surface area contributed by atoms with Crippen molar-refractivity contribution in [2.24, 2.45) is 0 Å². The van der Waals surface area contributed by atoms with E-state index >= 15 is 0 Å². The Hall–Kier alpha value is -1.34. The average Bonchev–Trinajstić information content (AvgIpc) is 2.79. The highest BCUT2D eigenvalue weighted by atomic mass is 32.2. The van der Waals surface area contributed by atoms with Crippen molar-refractivity contribution >= 4 is 45.0 Å². The topological polar surface area (TPSA) is 72.1 Å². The van der Waals surface area contributed by atoms with Gasteiger partial charge in [0.05, 0.1) is 11.1 Å². The molecule has 5 nitrogen and oxygen atoms in total. The molecule has 3 heterocycles. The molecule has 25 heavy (non-hydrogen) atoms. The number of anilines is 1. The summed E-state index contributed by atoms with van der Waals surface area (Å²) in [6.07, 6.45) is 9.39. The quantitative estimate of drug-likeness (QED) is 0.654. The van der Waals surface area contributed by atoms with Gasteiger partial charge in [0.2, 0.25) is 5.91 Å². The third kappa shape index (κ3) is 3.62. The second kappa shape index (κ2) is 7.50. The summed E-state index contributed by atoms with van der Waals surface area (Å²) >= 11 is 3.17. The first kappa shape index (κ1) is 17.1. The molecule has 1 saturated heterocycles. The molecule has 1 amide bonds. The van der Waals surface area contributed by atoms with Crippen molar-refractivity contribution in [1.82, 2.24) is 14.9 Å². The summed E-state index contributed by atoms with van der Waals surface area (Å²) < 4.78 is 0. The molecule has 1 aliphatic heterocycles. The van der Waals surface area contributed by atoms with Crippen LogP contribution >= 0.6 is 23.1 Å². The molecule has 0 atom stereocenters. The number of nitrogens with zero attached hydrogens (tertiary/aromatic N) is 3. The number of amides is 1. The van der Waals surface area contributed by atoms with Crippen LogP contribution in [-0.4, -0.2) is 39.6 Å². The maximum atomic E-state index is 12.5. The fourth-order valence-electron chi connectivity index (χ4n) is 3.77. The Morgan fingerprint density at radius 1 is 1.08 bits per heavy atom. The molecule has 1 fully saturated rings. The predicted octanol–water partition coefficient (Wildman–Crippen LogP) is 3.65. The minimum Gasteiger partial charge on any atom is -0.383 e. The highest BCUT2D eigenvalue weighted by Crippen LogP contribution is 2.38. The van der Waals surface area contributed by atoms with Gasteiger partial charge in [-0.2, -0.15) is 0 Å². The predicted molar refractivity (Wildman–Crippen MR) is 104 cm³/mol. The van der Waals surface area contributed by atoms with Gasteiger partial charge in [-0.1, -0.05) is 24.6 Å². The zero-order chi connectivity index (χ0) is 17.2. The molecule has 2 aromatic rings. The van der Waals surface area contributed by atoms with Gasteiger partial charge in [-0.25, -0.2) is 9.97 Å². The number of carbonyl (C=O) groups excluding carboxylic acids is 1. The number of hydrogen-bond donors (Lipinski definition) is 1. The zero-order valence-corrected chi connectivity index (χ0v) is 16.1. The number of rotatable bonds is 3. The normalized spacial score (nSPS) is 18.2. The minimum atomic E-state index is 0.194. The van der Waals surface area contributed by atoms with Crippen molar-refractivity contribution < 1.29 is 4.79 Å². The Morgan fingerprint density at radius 2 is 1.84 bits per heavy atom. The lowest BCUT2D eigenvalue weighted by Crippen LogP contribution is -2.33. The lowest BCUT2D eigenvalue weighted by molar-refractivity contribution is -0.128. The van der Waals surface area contributed by atoms with Crippen LogP contribution in [0.2, 0.25) is 0 Å². The van der Waals surface area contributed by atoms with Crippen LogP contribution in [0.15, 0.2) is 5.16 Å². The van der Waals surface area contributed by atoms with E-state index in [2.05, 4.69) is 4.98 Å². The molecule has 4 rings (SSSR count). The number of carbonyl (C=O) groups is 1. The summed E-state index contributed by atoms with van der Waals surface area (Å²) in [4.78, 5) is 26.0. The van der Waals surface area contributed by atoms with E-state index in [4.69, 9.17) is 10.7 Å². The molecule has 0 aromatic carbocycles. The van der Waals surface area contributed by atoms with E-state index in [9.17, 15) is 4.79 Å². The molecule has 2 N–H and O–H groups in total. The van der Waals surface area contributed by atoms with E-state index in [1.165, 1.54) is 47.9 Å². The summed E-state index contributed by atoms with van der Waals surface area (Å²) in [5, 5.41) is 1.69. The summed E-state index contributed by atoms with van der Waals surface area (Å²) in [5.41, 5.74) is 7.60. The van der Waals surface area contributed by atoms with Gasteiger partial charge in [-0.05, 0) is 44.1 Å². The number of thioether (sulfide) groups is 1. The van der Waals surface area contributed by atoms with Crippen LogP contribution in [0.5, 0.6) is 0 Å². The number of fused-ring (bicyclic) bond motifs is 3. The highest BCUT2D eigenvalue weighted by Gasteiger charge is 2.21. The SMILES string of the molecule is Nc1nc(SCC(=O)N2CCCCCC2)nc2sc3c(c12)CCCC3. The number of nitrogens with two attached hydrogens (primary N) is 1. The minimum absolute atomic E-state index is 0.194. The third-order valence-electron chi connectivity index (χ3n) is 5.11. The molecule has 7 heteroatoms. The molecular formula is C18H24N4OS2. The standard InChI is InChI=1S/C18H24N4OS2/c19-16-15-12-7-3-4-8-13(12)25-17(15)21-18(20-16)24-11-14(23)22-9-5-1-2-6-10-22/h1-11H2,(H2,19,20,21). The monoisotopic (exact) mass is 376 g/mol. The number of hydrogen-bond acceptors (Lipinski definition) is 6. The lowest BCUT2D eigenvalue weighted by atomic mass is 9.97. The van der Waals surface area contributed by atoms with E-state index in [1.54, 1.807) is 11.3 Å². The van der Waals surface area contributed by atoms with Crippen LogP contribution in [0, 0.1) is 0 Å². The van der Waals surface area contributed by atoms with Gasteiger partial charge in [0.25, 0.3) is 0 Å². The molecule has 0 saturated carbocycles. The fraction of sp³-hybridized carbons (Fsp3) is 0.611. The third-order valence-corrected chi connectivity index (χ3v) is 7.12. The molecule has 0 radical (unpaired) electrons. The molecule has 2 aromatic heterocycles. The van der Waals surface area contributed by atoms with Crippen molar-refractivity contribution in [3.63, 3.8) is 0 Å². The molecule has 0 bridgehead atoms. The van der Waals surface area contributed by atoms with E-state index in [-0.39, 0.29) is 5.91 Å². The van der Waals surface area contributed by atoms with Crippen LogP contribution in [0.25, 0.3) is 10.2 Å². The Kier molecular flexibility index (Phi) is 5.12. The van der Waals surface area contributed by atoms with Crippen LogP contribution in [-0.2, 0) is 17.6 Å². The van der Waals surface area contributed by atoms with E-state index in [0.717, 1.165) is 49.0 Å². The van der Waals surface area contributed by atoms with Gasteiger partial charge in [0.1, 0.15) is 10.6 Å². The van der Waals surface area contributed by atoms with Crippen LogP contribution in [0.4, 0.5) is 5.82 Å². The zero-order valence-electron chi connectivity index (χ0n) is 14.4. The maximum absolute atomic E-state index is 12.5. The van der Waals surface area contributed by atoms with Gasteiger partial charge in [0.15, 0.2) is 5.16 Å². The Balaban J connectivity index is 1.49. The second-order valence-corrected chi connectivity index (χ2v) is 8.89. The number of nitrogen functional groups attached to an aromatic ring is 1. The highest BCUT2D eigenvalue weighted by molar-refractivity contribution is 7.99. The first-order valence-corrected chi connectivity index (χ1v) is 11.0. The average molecular weight is 377 g/mol. The van der Waals surface area contributed by atoms with Crippen molar-refractivity contribution in [3.05, 3.63) is 10.4 Å². The van der Waals surface area contributed by atoms with E-state index in [1.807, 2.05) is 4.90 Å². The summed E-state index contributed by atoms with van der Waals surface area (Å²) in [6.45, 7) is 1.78. The van der Waals surface area contributed by atoms with Crippen LogP contribution < -0.4 is 5.73 Å². The summed E-state index contributed by atoms with van der Waals surface area (Å²) in [6, 6.07) is 0. The van der Waals surface area contributed by atoms with E-state index in [0.29, 0.717) is 16.7 Å². The van der Waals surface area contributed by atoms with E-state index < -0.39 is 0 Å². The number of aryl methyl sites for hydroxylation is 2. The molecule has 0 spiro atoms. The number of thiophene rings is 1. The smallest absolute Gasteiger partial charge is 0.233 e. The van der Waals surface area contributed by atoms with Crippen molar-refractivity contribution in [2.45, 2.75) is 56.5 Å². The summed E-state index contributed by atoms with van der Waals surface area (Å²) in [5.74, 6) is 1.17. The number of likely N-dealkylation sites (tertiary alicyclic amines) is 1. The first-order valence-electron chi connectivity index (χ1n) is 9.20. The largest absolute Gasteiger partial charge is 0.383 e. The van der Waals surface area contributed by atoms with Crippen LogP contribution in [0.3, 0.4) is 0 Å². The molecule has 1 aliphatic carbocycles. The molecule has 134 valence electrons. The Morgan fingerprint density at radius 3 is 2.64 bits per heavy atom. The van der Waals surface area contributed by atoms with Crippen LogP contribution in [0.1, 0.15) is 49.0 Å². The van der Waals surface area contributed by atoms with Gasteiger partial charge in [-0.3, -0.25) is 4.79 Å². The summed E-state index contributed by atoms with van der Waals surface area (Å²) in [7, 11) is 0. The van der Waals surface area contributed by atoms with Gasteiger partial charge in [0, 0.05) is 18.0 Å². The molecule has 2 aliphatic rings. The number of aromatic nitrogens is 2. The fourth-order valence-corrected chi connectivity index (χ4v) is 5.85. The van der Waals surface area contributed by atoms with Crippen molar-refractivity contribution in [2.75, 3.05) is 24.6 Å². The van der Waals surface area contributed by atoms with Gasteiger partial charge >= 0.3 is 0 Å². The molecular weight excluding hydrogens is 352 g/mol. The Labute approximate surface area is 156 Å². The van der Waals surface area contributed by atoms with Crippen molar-refractivity contribution in [1.29, 1.82) is 0 Å².